The monoisotopic (exact) mass is 534 g/mol. The number of hydrogen-bond acceptors (Lipinski definition) is 5. The summed E-state index contributed by atoms with van der Waals surface area (Å²) in [6.07, 6.45) is 22.0. The molecule has 0 aliphatic heterocycles. The maximum atomic E-state index is 11.9. The number of pyridine rings is 1. The van der Waals surface area contributed by atoms with Gasteiger partial charge in [0.1, 0.15) is 12.7 Å². The number of nitrogens with zero attached hydrogens (tertiary/aromatic N) is 1. The molecule has 1 aromatic rings. The van der Waals surface area contributed by atoms with Crippen molar-refractivity contribution < 1.29 is 19.1 Å². The lowest BCUT2D eigenvalue weighted by atomic mass is 10.0. The maximum absolute atomic E-state index is 11.9. The van der Waals surface area contributed by atoms with E-state index in [1.807, 2.05) is 18.2 Å². The molecule has 0 aliphatic carbocycles. The minimum absolute atomic E-state index is 0.0712. The predicted molar refractivity (Wildman–Crippen MR) is 154 cm³/mol. The molecule has 1 unspecified atom stereocenters. The van der Waals surface area contributed by atoms with Crippen LogP contribution in [0.3, 0.4) is 0 Å². The zero-order valence-electron chi connectivity index (χ0n) is 24.1. The van der Waals surface area contributed by atoms with Gasteiger partial charge in [-0.2, -0.15) is 0 Å². The van der Waals surface area contributed by atoms with Crippen molar-refractivity contribution in [2.24, 2.45) is 0 Å². The summed E-state index contributed by atoms with van der Waals surface area (Å²) in [4.78, 5) is 28.0. The zero-order valence-corrected chi connectivity index (χ0v) is 24.1. The molecule has 0 aliphatic rings. The van der Waals surface area contributed by atoms with Crippen LogP contribution in [0, 0.1) is 0 Å². The summed E-state index contributed by atoms with van der Waals surface area (Å²) in [7, 11) is 1.52. The Morgan fingerprint density at radius 1 is 0.789 bits per heavy atom. The summed E-state index contributed by atoms with van der Waals surface area (Å²) in [5, 5.41) is 8.24. The van der Waals surface area contributed by atoms with Crippen LogP contribution in [0.15, 0.2) is 24.4 Å². The molecule has 3 N–H and O–H groups in total. The number of nitrogens with one attached hydrogen (secondary N) is 3. The predicted octanol–water partition coefficient (Wildman–Crippen LogP) is 6.88. The largest absolute Gasteiger partial charge is 0.447 e. The Bertz CT molecular complexity index is 690. The van der Waals surface area contributed by atoms with E-state index >= 15 is 0 Å². The molecule has 0 aromatic carbocycles. The highest BCUT2D eigenvalue weighted by Crippen LogP contribution is 2.13. The Kier molecular flexibility index (Phi) is 22.1. The third-order valence-corrected chi connectivity index (χ3v) is 6.68. The van der Waals surface area contributed by atoms with E-state index in [1.165, 1.54) is 97.0 Å². The smallest absolute Gasteiger partial charge is 0.407 e. The summed E-state index contributed by atoms with van der Waals surface area (Å²) in [6, 6.07) is 5.20. The van der Waals surface area contributed by atoms with Crippen LogP contribution in [0.1, 0.15) is 115 Å². The van der Waals surface area contributed by atoms with Gasteiger partial charge in [-0.3, -0.25) is 4.98 Å². The van der Waals surface area contributed by atoms with Gasteiger partial charge in [0.25, 0.3) is 0 Å². The molecule has 0 saturated heterocycles. The fourth-order valence-electron chi connectivity index (χ4n) is 4.24. The lowest BCUT2D eigenvalue weighted by Crippen LogP contribution is -2.42. The number of ether oxygens (including phenoxy) is 2. The Labute approximate surface area is 231 Å². The second-order valence-electron chi connectivity index (χ2n) is 10.1. The van der Waals surface area contributed by atoms with Crippen LogP contribution in [0.4, 0.5) is 9.59 Å². The first-order valence-electron chi connectivity index (χ1n) is 15.0. The molecule has 0 fully saturated rings. The fourth-order valence-corrected chi connectivity index (χ4v) is 4.24. The molecule has 218 valence electrons. The number of urea groups is 1. The second-order valence-corrected chi connectivity index (χ2v) is 10.1. The molecule has 38 heavy (non-hydrogen) atoms. The summed E-state index contributed by atoms with van der Waals surface area (Å²) in [5.74, 6) is 0. The molecular weight excluding hydrogens is 480 g/mol. The van der Waals surface area contributed by atoms with E-state index in [9.17, 15) is 9.59 Å². The Balaban J connectivity index is 1.88. The van der Waals surface area contributed by atoms with Gasteiger partial charge < -0.3 is 25.4 Å². The summed E-state index contributed by atoms with van der Waals surface area (Å²) >= 11 is 0. The van der Waals surface area contributed by atoms with Crippen molar-refractivity contribution in [3.05, 3.63) is 30.1 Å². The number of rotatable bonds is 24. The number of carbonyl (C=O) groups excluding carboxylic acids is 2. The molecule has 1 heterocycles. The third-order valence-electron chi connectivity index (χ3n) is 6.68. The van der Waals surface area contributed by atoms with Crippen molar-refractivity contribution in [1.29, 1.82) is 0 Å². The molecule has 1 rings (SSSR count). The molecule has 3 amide bonds. The molecule has 0 saturated carbocycles. The molecule has 0 bridgehead atoms. The number of carbonyl (C=O) groups is 2. The van der Waals surface area contributed by atoms with E-state index in [-0.39, 0.29) is 19.2 Å². The van der Waals surface area contributed by atoms with Crippen molar-refractivity contribution in [2.45, 2.75) is 122 Å². The number of aromatic nitrogens is 1. The van der Waals surface area contributed by atoms with Crippen molar-refractivity contribution in [2.75, 3.05) is 26.8 Å². The molecule has 0 radical (unpaired) electrons. The minimum Gasteiger partial charge on any atom is -0.447 e. The highest BCUT2D eigenvalue weighted by Gasteiger charge is 2.12. The molecule has 8 nitrogen and oxygen atoms in total. The van der Waals surface area contributed by atoms with Crippen LogP contribution in [-0.4, -0.2) is 50.0 Å². The van der Waals surface area contributed by atoms with E-state index in [4.69, 9.17) is 9.47 Å². The van der Waals surface area contributed by atoms with Gasteiger partial charge in [0, 0.05) is 26.4 Å². The van der Waals surface area contributed by atoms with Crippen LogP contribution in [0.5, 0.6) is 0 Å². The first-order valence-corrected chi connectivity index (χ1v) is 15.0. The third kappa shape index (κ3) is 20.7. The van der Waals surface area contributed by atoms with Gasteiger partial charge in [-0.1, -0.05) is 109 Å². The van der Waals surface area contributed by atoms with E-state index < -0.39 is 12.2 Å². The van der Waals surface area contributed by atoms with Crippen molar-refractivity contribution in [3.8, 4) is 0 Å². The van der Waals surface area contributed by atoms with Gasteiger partial charge in [0.15, 0.2) is 0 Å². The van der Waals surface area contributed by atoms with Gasteiger partial charge >= 0.3 is 12.1 Å². The average Bonchev–Trinajstić information content (AvgIpc) is 2.94. The SMILES string of the molecule is CCCCCCCCCCCCCCCCCCNC(=O)OCC(CNC(=O)NCc1ccccn1)OC. The lowest BCUT2D eigenvalue weighted by Gasteiger charge is -2.16. The lowest BCUT2D eigenvalue weighted by molar-refractivity contribution is 0.0369. The van der Waals surface area contributed by atoms with E-state index in [0.29, 0.717) is 13.1 Å². The van der Waals surface area contributed by atoms with Gasteiger partial charge in [0.05, 0.1) is 12.2 Å². The number of hydrogen-bond donors (Lipinski definition) is 3. The first kappa shape index (κ1) is 33.7. The molecule has 0 spiro atoms. The molecule has 8 heteroatoms. The van der Waals surface area contributed by atoms with Crippen molar-refractivity contribution in [3.63, 3.8) is 0 Å². The number of methoxy groups -OCH3 is 1. The Morgan fingerprint density at radius 3 is 1.89 bits per heavy atom. The van der Waals surface area contributed by atoms with Gasteiger partial charge in [-0.15, -0.1) is 0 Å². The normalized spacial score (nSPS) is 11.6. The molecule has 1 atom stereocenters. The van der Waals surface area contributed by atoms with Crippen LogP contribution >= 0.6 is 0 Å². The number of alkyl carbamates (subject to hydrolysis) is 1. The van der Waals surface area contributed by atoms with E-state index in [2.05, 4.69) is 27.9 Å². The van der Waals surface area contributed by atoms with Crippen molar-refractivity contribution in [1.82, 2.24) is 20.9 Å². The van der Waals surface area contributed by atoms with Gasteiger partial charge in [0.2, 0.25) is 0 Å². The first-order chi connectivity index (χ1) is 18.7. The summed E-state index contributed by atoms with van der Waals surface area (Å²) in [5.41, 5.74) is 0.773. The highest BCUT2D eigenvalue weighted by atomic mass is 16.6. The Morgan fingerprint density at radius 2 is 1.37 bits per heavy atom. The average molecular weight is 535 g/mol. The van der Waals surface area contributed by atoms with Gasteiger partial charge in [-0.05, 0) is 18.6 Å². The minimum atomic E-state index is -0.451. The summed E-state index contributed by atoms with van der Waals surface area (Å²) < 4.78 is 10.5. The number of amides is 3. The van der Waals surface area contributed by atoms with Crippen LogP contribution < -0.4 is 16.0 Å². The standard InChI is InChI=1S/C30H54N4O4/c1-3-4-5-6-7-8-9-10-11-12-13-14-15-16-17-19-23-32-30(36)38-26-28(37-2)25-34-29(35)33-24-27-21-18-20-22-31-27/h18,20-22,28H,3-17,19,23-26H2,1-2H3,(H,32,36)(H2,33,34,35). The zero-order chi connectivity index (χ0) is 27.5. The van der Waals surface area contributed by atoms with Crippen LogP contribution in [-0.2, 0) is 16.0 Å². The molecule has 1 aromatic heterocycles. The quantitative estimate of drug-likeness (QED) is 0.125. The second kappa shape index (κ2) is 25.0. The van der Waals surface area contributed by atoms with Crippen LogP contribution in [0.2, 0.25) is 0 Å². The molecular formula is C30H54N4O4. The maximum Gasteiger partial charge on any atom is 0.407 e. The fraction of sp³-hybridized carbons (Fsp3) is 0.767. The van der Waals surface area contributed by atoms with Gasteiger partial charge in [-0.25, -0.2) is 9.59 Å². The number of unbranched alkanes of at least 4 members (excludes halogenated alkanes) is 15. The summed E-state index contributed by atoms with van der Waals surface area (Å²) in [6.45, 7) is 3.53. The Hall–Kier alpha value is -2.35. The van der Waals surface area contributed by atoms with Crippen LogP contribution in [0.25, 0.3) is 0 Å². The highest BCUT2D eigenvalue weighted by molar-refractivity contribution is 5.73. The van der Waals surface area contributed by atoms with E-state index in [0.717, 1.165) is 18.5 Å². The van der Waals surface area contributed by atoms with Crippen molar-refractivity contribution >= 4 is 12.1 Å². The topological polar surface area (TPSA) is 102 Å². The van der Waals surface area contributed by atoms with E-state index in [1.54, 1.807) is 6.20 Å².